The lowest BCUT2D eigenvalue weighted by Gasteiger charge is -2.12. The molecule has 9 heteroatoms. The molecule has 0 aliphatic heterocycles. The number of sulfonamides is 1. The smallest absolute Gasteiger partial charge is 0.242 e. The molecule has 0 fully saturated rings. The topological polar surface area (TPSA) is 108 Å². The van der Waals surface area contributed by atoms with Gasteiger partial charge in [-0.25, -0.2) is 25.9 Å². The summed E-state index contributed by atoms with van der Waals surface area (Å²) in [6, 6.07) is 16.8. The highest BCUT2D eigenvalue weighted by Crippen LogP contribution is 2.24. The van der Waals surface area contributed by atoms with Crippen molar-refractivity contribution in [1.29, 1.82) is 0 Å². The highest BCUT2D eigenvalue weighted by molar-refractivity contribution is 7.90. The normalized spacial score (nSPS) is 12.1. The number of rotatable bonds is 7. The Bertz CT molecular complexity index is 1170. The van der Waals surface area contributed by atoms with Gasteiger partial charge in [0.2, 0.25) is 20.0 Å². The molecule has 2 aromatic carbocycles. The molecule has 148 valence electrons. The van der Waals surface area contributed by atoms with Crippen molar-refractivity contribution < 1.29 is 21.6 Å². The Hall–Kier alpha value is -2.62. The Morgan fingerprint density at radius 3 is 2.11 bits per heavy atom. The van der Waals surface area contributed by atoms with Crippen LogP contribution in [0.2, 0.25) is 0 Å². The third-order valence-corrected chi connectivity index (χ3v) is 6.86. The molecule has 3 rings (SSSR count). The number of benzene rings is 2. The lowest BCUT2D eigenvalue weighted by Crippen LogP contribution is -2.20. The number of hydrogen-bond donors (Lipinski definition) is 1. The first-order valence-corrected chi connectivity index (χ1v) is 11.5. The molecule has 0 radical (unpaired) electrons. The fourth-order valence-corrected chi connectivity index (χ4v) is 5.21. The number of hydrogen-bond acceptors (Lipinski definition) is 5. The van der Waals surface area contributed by atoms with Crippen molar-refractivity contribution in [3.8, 4) is 5.75 Å². The number of ether oxygens (including phenoxy) is 1. The van der Waals surface area contributed by atoms with Crippen molar-refractivity contribution in [3.05, 3.63) is 83.7 Å². The van der Waals surface area contributed by atoms with Crippen LogP contribution >= 0.6 is 0 Å². The van der Waals surface area contributed by atoms with Crippen molar-refractivity contribution in [2.24, 2.45) is 5.14 Å². The van der Waals surface area contributed by atoms with E-state index >= 15 is 0 Å². The molecule has 0 bridgehead atoms. The van der Waals surface area contributed by atoms with Crippen molar-refractivity contribution in [2.75, 3.05) is 7.11 Å². The van der Waals surface area contributed by atoms with Crippen LogP contribution < -0.4 is 9.88 Å². The van der Waals surface area contributed by atoms with E-state index in [-0.39, 0.29) is 22.8 Å². The molecule has 0 spiro atoms. The highest BCUT2D eigenvalue weighted by atomic mass is 32.2. The van der Waals surface area contributed by atoms with E-state index < -0.39 is 20.0 Å². The van der Waals surface area contributed by atoms with E-state index in [9.17, 15) is 16.8 Å². The maximum atomic E-state index is 13.0. The number of nitrogens with two attached hydrogens (primary N) is 1. The first kappa shape index (κ1) is 20.1. The van der Waals surface area contributed by atoms with E-state index in [0.29, 0.717) is 11.3 Å². The summed E-state index contributed by atoms with van der Waals surface area (Å²) in [5, 5.41) is 5.31. The van der Waals surface area contributed by atoms with Gasteiger partial charge in [-0.05, 0) is 29.3 Å². The zero-order chi connectivity index (χ0) is 20.4. The first-order chi connectivity index (χ1) is 13.2. The van der Waals surface area contributed by atoms with Crippen LogP contribution in [0, 0.1) is 0 Å². The summed E-state index contributed by atoms with van der Waals surface area (Å²) in [4.78, 5) is -0.208. The zero-order valence-electron chi connectivity index (χ0n) is 15.1. The molecule has 1 aromatic heterocycles. The predicted octanol–water partition coefficient (Wildman–Crippen LogP) is 2.11. The van der Waals surface area contributed by atoms with E-state index in [0.717, 1.165) is 9.54 Å². The van der Waals surface area contributed by atoms with E-state index in [4.69, 9.17) is 9.88 Å². The molecule has 7 nitrogen and oxygen atoms in total. The second-order valence-electron chi connectivity index (χ2n) is 6.23. The molecule has 2 N–H and O–H groups in total. The quantitative estimate of drug-likeness (QED) is 0.630. The van der Waals surface area contributed by atoms with Crippen LogP contribution in [-0.4, -0.2) is 27.9 Å². The molecular formula is C19H20N2O5S2. The summed E-state index contributed by atoms with van der Waals surface area (Å²) in [5.74, 6) is 0.379. The minimum absolute atomic E-state index is 0.0801. The fourth-order valence-electron chi connectivity index (χ4n) is 2.91. The molecule has 0 saturated heterocycles. The van der Waals surface area contributed by atoms with Gasteiger partial charge in [-0.3, -0.25) is 0 Å². The van der Waals surface area contributed by atoms with Crippen LogP contribution in [0.1, 0.15) is 16.8 Å². The van der Waals surface area contributed by atoms with Crippen LogP contribution in [-0.2, 0) is 32.2 Å². The standard InChI is InChI=1S/C19H20N2O5S2/c1-26-17-9-7-15(8-10-17)13-18-19(28(20,24)25)11-12-21(18)27(22,23)14-16-5-3-2-4-6-16/h2-12H,13-14H2,1H3,(H2,20,24,25). The maximum absolute atomic E-state index is 13.0. The Balaban J connectivity index is 2.05. The Labute approximate surface area is 164 Å². The molecule has 0 atom stereocenters. The molecule has 0 amide bonds. The van der Waals surface area contributed by atoms with E-state index in [1.807, 2.05) is 0 Å². The summed E-state index contributed by atoms with van der Waals surface area (Å²) < 4.78 is 56.0. The molecule has 0 unspecified atom stereocenters. The van der Waals surface area contributed by atoms with Gasteiger partial charge in [0.15, 0.2) is 0 Å². The largest absolute Gasteiger partial charge is 0.497 e. The maximum Gasteiger partial charge on any atom is 0.242 e. The lowest BCUT2D eigenvalue weighted by molar-refractivity contribution is 0.414. The predicted molar refractivity (Wildman–Crippen MR) is 106 cm³/mol. The Morgan fingerprint density at radius 2 is 1.54 bits per heavy atom. The van der Waals surface area contributed by atoms with Gasteiger partial charge in [-0.1, -0.05) is 42.5 Å². The Kier molecular flexibility index (Phi) is 5.59. The fraction of sp³-hybridized carbons (Fsp3) is 0.158. The van der Waals surface area contributed by atoms with E-state index in [2.05, 4.69) is 0 Å². The second-order valence-corrected chi connectivity index (χ2v) is 9.61. The molecule has 3 aromatic rings. The van der Waals surface area contributed by atoms with Crippen LogP contribution in [0.3, 0.4) is 0 Å². The van der Waals surface area contributed by atoms with Crippen molar-refractivity contribution in [2.45, 2.75) is 17.1 Å². The summed E-state index contributed by atoms with van der Waals surface area (Å²) in [7, 11) is -6.40. The second kappa shape index (κ2) is 7.78. The molecule has 28 heavy (non-hydrogen) atoms. The summed E-state index contributed by atoms with van der Waals surface area (Å²) in [5.41, 5.74) is 1.42. The minimum Gasteiger partial charge on any atom is -0.497 e. The van der Waals surface area contributed by atoms with Crippen LogP contribution in [0.5, 0.6) is 5.75 Å². The number of primary sulfonamides is 1. The molecule has 0 aliphatic rings. The summed E-state index contributed by atoms with van der Waals surface area (Å²) >= 11 is 0. The number of nitrogens with zero attached hydrogens (tertiary/aromatic N) is 1. The number of aromatic nitrogens is 1. The van der Waals surface area contributed by atoms with Crippen LogP contribution in [0.15, 0.2) is 71.8 Å². The Morgan fingerprint density at radius 1 is 0.893 bits per heavy atom. The first-order valence-electron chi connectivity index (χ1n) is 8.34. The molecular weight excluding hydrogens is 400 g/mol. The summed E-state index contributed by atoms with van der Waals surface area (Å²) in [6.45, 7) is 0. The summed E-state index contributed by atoms with van der Waals surface area (Å²) in [6.07, 6.45) is 1.31. The van der Waals surface area contributed by atoms with Gasteiger partial charge >= 0.3 is 0 Å². The highest BCUT2D eigenvalue weighted by Gasteiger charge is 2.25. The van der Waals surface area contributed by atoms with Crippen LogP contribution in [0.4, 0.5) is 0 Å². The monoisotopic (exact) mass is 420 g/mol. The molecule has 0 aliphatic carbocycles. The van der Waals surface area contributed by atoms with Gasteiger partial charge in [0, 0.05) is 12.6 Å². The van der Waals surface area contributed by atoms with Gasteiger partial charge in [0.25, 0.3) is 0 Å². The SMILES string of the molecule is COc1ccc(Cc2c(S(N)(=O)=O)ccn2S(=O)(=O)Cc2ccccc2)cc1. The third-order valence-electron chi connectivity index (χ3n) is 4.24. The van der Waals surface area contributed by atoms with Crippen molar-refractivity contribution in [3.63, 3.8) is 0 Å². The van der Waals surface area contributed by atoms with Gasteiger partial charge in [-0.2, -0.15) is 0 Å². The van der Waals surface area contributed by atoms with E-state index in [1.165, 1.54) is 19.4 Å². The van der Waals surface area contributed by atoms with Gasteiger partial charge in [-0.15, -0.1) is 0 Å². The molecule has 1 heterocycles. The molecule has 0 saturated carbocycles. The number of methoxy groups -OCH3 is 1. The van der Waals surface area contributed by atoms with Gasteiger partial charge in [0.1, 0.15) is 10.6 Å². The average molecular weight is 421 g/mol. The van der Waals surface area contributed by atoms with Gasteiger partial charge in [0.05, 0.1) is 18.6 Å². The lowest BCUT2D eigenvalue weighted by atomic mass is 10.1. The van der Waals surface area contributed by atoms with Gasteiger partial charge < -0.3 is 4.74 Å². The van der Waals surface area contributed by atoms with Crippen molar-refractivity contribution in [1.82, 2.24) is 3.97 Å². The third kappa shape index (κ3) is 4.44. The van der Waals surface area contributed by atoms with Crippen LogP contribution in [0.25, 0.3) is 0 Å². The minimum atomic E-state index is -4.09. The van der Waals surface area contributed by atoms with E-state index in [1.54, 1.807) is 54.6 Å². The average Bonchev–Trinajstić information content (AvgIpc) is 3.08. The zero-order valence-corrected chi connectivity index (χ0v) is 16.8. The van der Waals surface area contributed by atoms with Crippen molar-refractivity contribution >= 4 is 20.0 Å².